The van der Waals surface area contributed by atoms with E-state index in [-0.39, 0.29) is 12.5 Å². The Hall–Kier alpha value is -2.50. The number of hydrogen-bond acceptors (Lipinski definition) is 4. The predicted molar refractivity (Wildman–Crippen MR) is 73.0 cm³/mol. The lowest BCUT2D eigenvalue weighted by atomic mass is 10.2. The zero-order valence-corrected chi connectivity index (χ0v) is 10.9. The van der Waals surface area contributed by atoms with Crippen molar-refractivity contribution in [2.24, 2.45) is 0 Å². The molecular weight excluding hydrogens is 244 g/mol. The minimum absolute atomic E-state index is 0.127. The van der Waals surface area contributed by atoms with Crippen molar-refractivity contribution in [1.82, 2.24) is 9.78 Å². The van der Waals surface area contributed by atoms with Crippen LogP contribution in [-0.4, -0.2) is 22.8 Å². The summed E-state index contributed by atoms with van der Waals surface area (Å²) in [6, 6.07) is 5.46. The number of carbonyl (C=O) groups is 1. The van der Waals surface area contributed by atoms with Crippen molar-refractivity contribution in [3.63, 3.8) is 0 Å². The van der Waals surface area contributed by atoms with Gasteiger partial charge in [0.05, 0.1) is 19.0 Å². The van der Waals surface area contributed by atoms with Crippen molar-refractivity contribution >= 4 is 17.3 Å². The molecule has 1 heterocycles. The lowest BCUT2D eigenvalue weighted by Gasteiger charge is -2.09. The fourth-order valence-corrected chi connectivity index (χ4v) is 1.77. The summed E-state index contributed by atoms with van der Waals surface area (Å²) in [5.74, 6) is 0.630. The lowest BCUT2D eigenvalue weighted by molar-refractivity contribution is -0.116. The number of ether oxygens (including phenoxy) is 1. The molecule has 0 bridgehead atoms. The van der Waals surface area contributed by atoms with E-state index >= 15 is 0 Å². The van der Waals surface area contributed by atoms with Crippen molar-refractivity contribution in [3.05, 3.63) is 36.2 Å². The maximum Gasteiger partial charge on any atom is 0.246 e. The first-order chi connectivity index (χ1) is 9.08. The van der Waals surface area contributed by atoms with Crippen molar-refractivity contribution in [2.75, 3.05) is 18.2 Å². The molecule has 0 radical (unpaired) electrons. The fraction of sp³-hybridized carbons (Fsp3) is 0.231. The van der Waals surface area contributed by atoms with Gasteiger partial charge in [-0.1, -0.05) is 0 Å². The second-order valence-electron chi connectivity index (χ2n) is 4.20. The van der Waals surface area contributed by atoms with Crippen molar-refractivity contribution in [3.8, 4) is 5.75 Å². The van der Waals surface area contributed by atoms with Crippen LogP contribution in [0.5, 0.6) is 5.75 Å². The third kappa shape index (κ3) is 3.25. The zero-order valence-electron chi connectivity index (χ0n) is 10.9. The van der Waals surface area contributed by atoms with E-state index < -0.39 is 0 Å². The summed E-state index contributed by atoms with van der Waals surface area (Å²) >= 11 is 0. The first-order valence-corrected chi connectivity index (χ1v) is 5.81. The zero-order chi connectivity index (χ0) is 13.8. The van der Waals surface area contributed by atoms with Crippen LogP contribution in [0.3, 0.4) is 0 Å². The summed E-state index contributed by atoms with van der Waals surface area (Å²) in [5, 5.41) is 6.75. The van der Waals surface area contributed by atoms with Gasteiger partial charge in [-0.25, -0.2) is 0 Å². The number of anilines is 2. The van der Waals surface area contributed by atoms with Gasteiger partial charge in [-0.05, 0) is 30.7 Å². The van der Waals surface area contributed by atoms with Gasteiger partial charge in [0.15, 0.2) is 0 Å². The Morgan fingerprint density at radius 2 is 2.32 bits per heavy atom. The Bertz CT molecular complexity index is 592. The van der Waals surface area contributed by atoms with Crippen LogP contribution in [0.15, 0.2) is 30.6 Å². The topological polar surface area (TPSA) is 82.2 Å². The molecule has 2 rings (SSSR count). The number of aryl methyl sites for hydroxylation is 1. The van der Waals surface area contributed by atoms with Crippen LogP contribution in [-0.2, 0) is 11.3 Å². The summed E-state index contributed by atoms with van der Waals surface area (Å²) in [5.41, 5.74) is 7.75. The standard InChI is InChI=1S/C13H16N4O2/c1-9-5-11(3-4-12(9)19-2)16-13(18)8-17-7-10(14)6-15-17/h3-7H,8,14H2,1-2H3,(H,16,18). The molecule has 0 saturated heterocycles. The Kier molecular flexibility index (Phi) is 3.70. The first-order valence-electron chi connectivity index (χ1n) is 5.81. The van der Waals surface area contributed by atoms with E-state index in [0.717, 1.165) is 17.0 Å². The molecule has 1 amide bonds. The van der Waals surface area contributed by atoms with Gasteiger partial charge in [0, 0.05) is 11.9 Å². The molecule has 100 valence electrons. The van der Waals surface area contributed by atoms with E-state index in [0.29, 0.717) is 5.69 Å². The molecule has 0 aliphatic carbocycles. The molecule has 1 aromatic carbocycles. The quantitative estimate of drug-likeness (QED) is 0.871. The Balaban J connectivity index is 2.00. The average Bonchev–Trinajstić information content (AvgIpc) is 2.74. The second-order valence-corrected chi connectivity index (χ2v) is 4.20. The minimum atomic E-state index is -0.160. The number of nitrogens with one attached hydrogen (secondary N) is 1. The van der Waals surface area contributed by atoms with Gasteiger partial charge in [-0.3, -0.25) is 9.48 Å². The summed E-state index contributed by atoms with van der Waals surface area (Å²) in [6.45, 7) is 2.05. The summed E-state index contributed by atoms with van der Waals surface area (Å²) in [7, 11) is 1.61. The molecule has 0 aliphatic rings. The molecule has 1 aromatic heterocycles. The molecule has 2 aromatic rings. The molecule has 0 aliphatic heterocycles. The summed E-state index contributed by atoms with van der Waals surface area (Å²) in [6.07, 6.45) is 3.11. The number of rotatable bonds is 4. The molecule has 0 atom stereocenters. The van der Waals surface area contributed by atoms with Crippen molar-refractivity contribution in [2.45, 2.75) is 13.5 Å². The van der Waals surface area contributed by atoms with Crippen molar-refractivity contribution in [1.29, 1.82) is 0 Å². The second kappa shape index (κ2) is 5.43. The number of aromatic nitrogens is 2. The molecule has 3 N–H and O–H groups in total. The third-order valence-corrected chi connectivity index (χ3v) is 2.64. The maximum atomic E-state index is 11.8. The van der Waals surface area contributed by atoms with Gasteiger partial charge < -0.3 is 15.8 Å². The van der Waals surface area contributed by atoms with Gasteiger partial charge in [-0.15, -0.1) is 0 Å². The highest BCUT2D eigenvalue weighted by Crippen LogP contribution is 2.21. The van der Waals surface area contributed by atoms with Crippen LogP contribution in [0, 0.1) is 6.92 Å². The van der Waals surface area contributed by atoms with Gasteiger partial charge >= 0.3 is 0 Å². The highest BCUT2D eigenvalue weighted by atomic mass is 16.5. The van der Waals surface area contributed by atoms with E-state index in [1.807, 2.05) is 19.1 Å². The number of benzene rings is 1. The number of nitrogens with two attached hydrogens (primary N) is 1. The summed E-state index contributed by atoms with van der Waals surface area (Å²) in [4.78, 5) is 11.8. The van der Waals surface area contributed by atoms with Crippen LogP contribution in [0.2, 0.25) is 0 Å². The van der Waals surface area contributed by atoms with Crippen LogP contribution < -0.4 is 15.8 Å². The number of nitrogens with zero attached hydrogens (tertiary/aromatic N) is 2. The minimum Gasteiger partial charge on any atom is -0.496 e. The molecular formula is C13H16N4O2. The van der Waals surface area contributed by atoms with Crippen LogP contribution in [0.4, 0.5) is 11.4 Å². The van der Waals surface area contributed by atoms with E-state index in [1.165, 1.54) is 10.9 Å². The number of methoxy groups -OCH3 is 1. The molecule has 19 heavy (non-hydrogen) atoms. The van der Waals surface area contributed by atoms with Crippen molar-refractivity contribution < 1.29 is 9.53 Å². The Morgan fingerprint density at radius 1 is 1.53 bits per heavy atom. The maximum absolute atomic E-state index is 11.8. The van der Waals surface area contributed by atoms with Crippen LogP contribution in [0.1, 0.15) is 5.56 Å². The van der Waals surface area contributed by atoms with E-state index in [2.05, 4.69) is 10.4 Å². The molecule has 0 fully saturated rings. The SMILES string of the molecule is COc1ccc(NC(=O)Cn2cc(N)cn2)cc1C. The number of carbonyl (C=O) groups excluding carboxylic acids is 1. The number of amides is 1. The van der Waals surface area contributed by atoms with Crippen LogP contribution >= 0.6 is 0 Å². The summed E-state index contributed by atoms with van der Waals surface area (Å²) < 4.78 is 6.65. The normalized spacial score (nSPS) is 10.2. The lowest BCUT2D eigenvalue weighted by Crippen LogP contribution is -2.19. The van der Waals surface area contributed by atoms with Gasteiger partial charge in [0.1, 0.15) is 12.3 Å². The Morgan fingerprint density at radius 3 is 2.89 bits per heavy atom. The van der Waals surface area contributed by atoms with Gasteiger partial charge in [0.2, 0.25) is 5.91 Å². The first kappa shape index (κ1) is 12.9. The van der Waals surface area contributed by atoms with Crippen LogP contribution in [0.25, 0.3) is 0 Å². The average molecular weight is 260 g/mol. The smallest absolute Gasteiger partial charge is 0.246 e. The number of nitrogen functional groups attached to an aromatic ring is 1. The Labute approximate surface area is 111 Å². The highest BCUT2D eigenvalue weighted by Gasteiger charge is 2.06. The molecule has 6 nitrogen and oxygen atoms in total. The predicted octanol–water partition coefficient (Wildman–Crippen LogP) is 1.42. The van der Waals surface area contributed by atoms with E-state index in [9.17, 15) is 4.79 Å². The van der Waals surface area contributed by atoms with E-state index in [4.69, 9.17) is 10.5 Å². The fourth-order valence-electron chi connectivity index (χ4n) is 1.77. The monoisotopic (exact) mass is 260 g/mol. The molecule has 6 heteroatoms. The highest BCUT2D eigenvalue weighted by molar-refractivity contribution is 5.90. The van der Waals surface area contributed by atoms with E-state index in [1.54, 1.807) is 19.4 Å². The third-order valence-electron chi connectivity index (χ3n) is 2.64. The molecule has 0 unspecified atom stereocenters. The van der Waals surface area contributed by atoms with Gasteiger partial charge in [0.25, 0.3) is 0 Å². The molecule has 0 saturated carbocycles. The molecule has 0 spiro atoms. The number of hydrogen-bond donors (Lipinski definition) is 2. The van der Waals surface area contributed by atoms with Gasteiger partial charge in [-0.2, -0.15) is 5.10 Å². The largest absolute Gasteiger partial charge is 0.496 e.